The lowest BCUT2D eigenvalue weighted by Gasteiger charge is -2.14. The number of nitrogens with two attached hydrogens (primary N) is 2. The van der Waals surface area contributed by atoms with Crippen LogP contribution in [0, 0.1) is 0 Å². The summed E-state index contributed by atoms with van der Waals surface area (Å²) in [6, 6.07) is 5.28. The van der Waals surface area contributed by atoms with Crippen LogP contribution < -0.4 is 21.5 Å². The van der Waals surface area contributed by atoms with Crippen LogP contribution in [0.5, 0.6) is 5.75 Å². The lowest BCUT2D eigenvalue weighted by Crippen LogP contribution is -2.24. The van der Waals surface area contributed by atoms with E-state index < -0.39 is 0 Å². The van der Waals surface area contributed by atoms with Crippen LogP contribution in [-0.4, -0.2) is 19.1 Å². The maximum atomic E-state index is 10.7. The molecule has 1 unspecified atom stereocenters. The molecule has 0 saturated heterocycles. The van der Waals surface area contributed by atoms with E-state index in [1.54, 1.807) is 19.2 Å². The monoisotopic (exact) mass is 223 g/mol. The van der Waals surface area contributed by atoms with Crippen molar-refractivity contribution in [3.05, 3.63) is 18.2 Å². The number of hydrogen-bond acceptors (Lipinski definition) is 4. The second-order valence-electron chi connectivity index (χ2n) is 3.71. The highest BCUT2D eigenvalue weighted by molar-refractivity contribution is 5.75. The Morgan fingerprint density at radius 1 is 1.50 bits per heavy atom. The molecule has 1 aromatic carbocycles. The maximum Gasteiger partial charge on any atom is 0.219 e. The summed E-state index contributed by atoms with van der Waals surface area (Å²) in [6.07, 6.45) is 0.275. The van der Waals surface area contributed by atoms with Gasteiger partial charge in [0.25, 0.3) is 0 Å². The van der Waals surface area contributed by atoms with E-state index >= 15 is 0 Å². The highest BCUT2D eigenvalue weighted by atomic mass is 16.5. The zero-order valence-electron chi connectivity index (χ0n) is 9.49. The molecular weight excluding hydrogens is 206 g/mol. The van der Waals surface area contributed by atoms with E-state index in [0.717, 1.165) is 5.69 Å². The summed E-state index contributed by atoms with van der Waals surface area (Å²) in [7, 11) is 1.57. The van der Waals surface area contributed by atoms with Crippen LogP contribution in [0.3, 0.4) is 0 Å². The third-order valence-electron chi connectivity index (χ3n) is 2.08. The Kier molecular flexibility index (Phi) is 3.99. The lowest BCUT2D eigenvalue weighted by molar-refractivity contribution is -0.118. The average Bonchev–Trinajstić information content (AvgIpc) is 2.14. The van der Waals surface area contributed by atoms with E-state index in [1.807, 2.05) is 13.0 Å². The third-order valence-corrected chi connectivity index (χ3v) is 2.08. The number of benzene rings is 1. The summed E-state index contributed by atoms with van der Waals surface area (Å²) < 4.78 is 5.09. The Hall–Kier alpha value is -1.91. The molecule has 0 radical (unpaired) electrons. The number of primary amides is 1. The average molecular weight is 223 g/mol. The highest BCUT2D eigenvalue weighted by Gasteiger charge is 2.06. The molecule has 0 spiro atoms. The van der Waals surface area contributed by atoms with Gasteiger partial charge in [-0.05, 0) is 13.0 Å². The Bertz CT molecular complexity index is 379. The van der Waals surface area contributed by atoms with E-state index in [1.165, 1.54) is 0 Å². The second-order valence-corrected chi connectivity index (χ2v) is 3.71. The van der Waals surface area contributed by atoms with Crippen LogP contribution in [0.1, 0.15) is 13.3 Å². The van der Waals surface area contributed by atoms with Gasteiger partial charge in [0.15, 0.2) is 0 Å². The number of ether oxygens (including phenoxy) is 1. The first-order chi connectivity index (χ1) is 7.51. The quantitative estimate of drug-likeness (QED) is 0.648. The fraction of sp³-hybridized carbons (Fsp3) is 0.364. The molecule has 0 saturated carbocycles. The second kappa shape index (κ2) is 5.25. The third kappa shape index (κ3) is 3.68. The molecule has 0 aliphatic carbocycles. The number of amides is 1. The van der Waals surface area contributed by atoms with Gasteiger partial charge in [0.05, 0.1) is 7.11 Å². The van der Waals surface area contributed by atoms with Gasteiger partial charge < -0.3 is 21.5 Å². The first-order valence-corrected chi connectivity index (χ1v) is 5.00. The molecule has 0 aromatic heterocycles. The molecule has 16 heavy (non-hydrogen) atoms. The molecule has 1 amide bonds. The summed E-state index contributed by atoms with van der Waals surface area (Å²) in [5.41, 5.74) is 12.2. The van der Waals surface area contributed by atoms with Gasteiger partial charge in [0, 0.05) is 36.0 Å². The lowest BCUT2D eigenvalue weighted by atomic mass is 10.2. The number of methoxy groups -OCH3 is 1. The molecule has 5 heteroatoms. The van der Waals surface area contributed by atoms with Crippen molar-refractivity contribution in [3.63, 3.8) is 0 Å². The predicted octanol–water partition coefficient (Wildman–Crippen LogP) is 0.953. The van der Waals surface area contributed by atoms with Gasteiger partial charge in [-0.1, -0.05) is 0 Å². The fourth-order valence-electron chi connectivity index (χ4n) is 1.46. The Balaban J connectivity index is 2.72. The topological polar surface area (TPSA) is 90.4 Å². The summed E-state index contributed by atoms with van der Waals surface area (Å²) in [5.74, 6) is 0.338. The Morgan fingerprint density at radius 3 is 2.75 bits per heavy atom. The molecule has 1 aromatic rings. The molecule has 88 valence electrons. The molecule has 0 heterocycles. The van der Waals surface area contributed by atoms with Crippen LogP contribution in [0.15, 0.2) is 18.2 Å². The van der Waals surface area contributed by atoms with Crippen molar-refractivity contribution < 1.29 is 9.53 Å². The van der Waals surface area contributed by atoms with Gasteiger partial charge in [-0.15, -0.1) is 0 Å². The predicted molar refractivity (Wildman–Crippen MR) is 64.3 cm³/mol. The van der Waals surface area contributed by atoms with Crippen LogP contribution in [0.4, 0.5) is 11.4 Å². The van der Waals surface area contributed by atoms with Crippen molar-refractivity contribution in [2.24, 2.45) is 5.73 Å². The summed E-state index contributed by atoms with van der Waals surface area (Å²) in [4.78, 5) is 10.7. The standard InChI is InChI=1S/C11H17N3O2/c1-7(3-11(13)15)14-9-4-8(12)5-10(6-9)16-2/h4-7,14H,3,12H2,1-2H3,(H2,13,15). The SMILES string of the molecule is COc1cc(N)cc(NC(C)CC(N)=O)c1. The Labute approximate surface area is 94.8 Å². The van der Waals surface area contributed by atoms with Crippen molar-refractivity contribution in [1.29, 1.82) is 0 Å². The smallest absolute Gasteiger partial charge is 0.219 e. The number of rotatable bonds is 5. The normalized spacial score (nSPS) is 11.9. The minimum atomic E-state index is -0.337. The van der Waals surface area contributed by atoms with E-state index in [-0.39, 0.29) is 18.4 Å². The number of nitrogens with one attached hydrogen (secondary N) is 1. The van der Waals surface area contributed by atoms with Crippen molar-refractivity contribution in [2.75, 3.05) is 18.2 Å². The summed E-state index contributed by atoms with van der Waals surface area (Å²) >= 11 is 0. The molecule has 5 N–H and O–H groups in total. The first-order valence-electron chi connectivity index (χ1n) is 5.00. The number of hydrogen-bond donors (Lipinski definition) is 3. The van der Waals surface area contributed by atoms with Gasteiger partial charge in [-0.2, -0.15) is 0 Å². The number of nitrogen functional groups attached to an aromatic ring is 1. The van der Waals surface area contributed by atoms with Gasteiger partial charge >= 0.3 is 0 Å². The molecular formula is C11H17N3O2. The van der Waals surface area contributed by atoms with Crippen LogP contribution in [-0.2, 0) is 4.79 Å². The molecule has 0 aliphatic heterocycles. The minimum absolute atomic E-state index is 0.0380. The fourth-order valence-corrected chi connectivity index (χ4v) is 1.46. The van der Waals surface area contributed by atoms with Crippen LogP contribution in [0.25, 0.3) is 0 Å². The Morgan fingerprint density at radius 2 is 2.19 bits per heavy atom. The summed E-state index contributed by atoms with van der Waals surface area (Å²) in [5, 5.41) is 3.13. The first kappa shape index (κ1) is 12.2. The van der Waals surface area contributed by atoms with Gasteiger partial charge in [0.1, 0.15) is 5.75 Å². The van der Waals surface area contributed by atoms with E-state index in [2.05, 4.69) is 5.32 Å². The van der Waals surface area contributed by atoms with Crippen molar-refractivity contribution in [1.82, 2.24) is 0 Å². The van der Waals surface area contributed by atoms with Crippen molar-refractivity contribution in [2.45, 2.75) is 19.4 Å². The van der Waals surface area contributed by atoms with E-state index in [4.69, 9.17) is 16.2 Å². The number of carbonyl (C=O) groups excluding carboxylic acids is 1. The van der Waals surface area contributed by atoms with Gasteiger partial charge in [0.2, 0.25) is 5.91 Å². The maximum absolute atomic E-state index is 10.7. The molecule has 5 nitrogen and oxygen atoms in total. The van der Waals surface area contributed by atoms with E-state index in [9.17, 15) is 4.79 Å². The van der Waals surface area contributed by atoms with Gasteiger partial charge in [-0.3, -0.25) is 4.79 Å². The van der Waals surface area contributed by atoms with Crippen molar-refractivity contribution >= 4 is 17.3 Å². The zero-order chi connectivity index (χ0) is 12.1. The molecule has 1 atom stereocenters. The number of anilines is 2. The molecule has 0 bridgehead atoms. The van der Waals surface area contributed by atoms with Crippen molar-refractivity contribution in [3.8, 4) is 5.75 Å². The molecule has 1 rings (SSSR count). The largest absolute Gasteiger partial charge is 0.497 e. The number of carbonyl (C=O) groups is 1. The zero-order valence-corrected chi connectivity index (χ0v) is 9.49. The van der Waals surface area contributed by atoms with Gasteiger partial charge in [-0.25, -0.2) is 0 Å². The highest BCUT2D eigenvalue weighted by Crippen LogP contribution is 2.22. The molecule has 0 aliphatic rings. The van der Waals surface area contributed by atoms with Crippen LogP contribution in [0.2, 0.25) is 0 Å². The van der Waals surface area contributed by atoms with E-state index in [0.29, 0.717) is 11.4 Å². The minimum Gasteiger partial charge on any atom is -0.497 e. The molecule has 0 fully saturated rings. The summed E-state index contributed by atoms with van der Waals surface area (Å²) in [6.45, 7) is 1.88. The van der Waals surface area contributed by atoms with Crippen LogP contribution >= 0.6 is 0 Å².